The molecule has 2 nitrogen and oxygen atoms in total. The topological polar surface area (TPSA) is 15.3 Å². The number of rotatable bonds is 3. The van der Waals surface area contributed by atoms with Gasteiger partial charge in [-0.05, 0) is 17.7 Å². The number of nitrogens with one attached hydrogen (secondary N) is 1. The molecule has 118 valence electrons. The minimum atomic E-state index is -4.59. The summed E-state index contributed by atoms with van der Waals surface area (Å²) in [5, 5.41) is 2.48. The molecule has 0 radical (unpaired) electrons. The monoisotopic (exact) mass is 328 g/mol. The van der Waals surface area contributed by atoms with E-state index < -0.39 is 29.2 Å². The number of benzene rings is 1. The fourth-order valence-corrected chi connectivity index (χ4v) is 2.72. The lowest BCUT2D eigenvalue weighted by Crippen LogP contribution is -2.46. The molecule has 0 aliphatic carbocycles. The van der Waals surface area contributed by atoms with Gasteiger partial charge in [0, 0.05) is 26.2 Å². The smallest absolute Gasteiger partial charge is 0.314 e. The van der Waals surface area contributed by atoms with Crippen molar-refractivity contribution in [1.82, 2.24) is 10.2 Å². The van der Waals surface area contributed by atoms with Gasteiger partial charge in [-0.25, -0.2) is 8.78 Å². The molecular formula is C13H14ClF5N2. The Morgan fingerprint density at radius 3 is 2.24 bits per heavy atom. The zero-order chi connectivity index (χ0) is 15.6. The maximum Gasteiger partial charge on any atom is 0.417 e. The molecule has 0 saturated carbocycles. The van der Waals surface area contributed by atoms with Crippen LogP contribution in [0.1, 0.15) is 17.2 Å². The first kappa shape index (κ1) is 16.5. The minimum absolute atomic E-state index is 0.102. The van der Waals surface area contributed by atoms with Gasteiger partial charge >= 0.3 is 6.18 Å². The zero-order valence-electron chi connectivity index (χ0n) is 10.9. The third-order valence-corrected chi connectivity index (χ3v) is 3.74. The van der Waals surface area contributed by atoms with Crippen LogP contribution in [0.25, 0.3) is 0 Å². The molecule has 1 aliphatic rings. The van der Waals surface area contributed by atoms with Gasteiger partial charge in [-0.15, -0.1) is 0 Å². The van der Waals surface area contributed by atoms with Crippen LogP contribution in [0.5, 0.6) is 0 Å². The molecule has 1 fully saturated rings. The fourth-order valence-electron chi connectivity index (χ4n) is 2.42. The molecule has 1 heterocycles. The first-order chi connectivity index (χ1) is 9.80. The average molecular weight is 329 g/mol. The summed E-state index contributed by atoms with van der Waals surface area (Å²) in [4.78, 5) is 1.56. The summed E-state index contributed by atoms with van der Waals surface area (Å²) < 4.78 is 64.5. The number of alkyl halides is 5. The highest BCUT2D eigenvalue weighted by molar-refractivity contribution is 6.31. The highest BCUT2D eigenvalue weighted by Crippen LogP contribution is 2.37. The lowest BCUT2D eigenvalue weighted by atomic mass is 10.0. The van der Waals surface area contributed by atoms with Gasteiger partial charge in [-0.1, -0.05) is 17.7 Å². The predicted octanol–water partition coefficient (Wildman–Crippen LogP) is 3.57. The fraction of sp³-hybridized carbons (Fsp3) is 0.538. The average Bonchev–Trinajstić information content (AvgIpc) is 2.38. The van der Waals surface area contributed by atoms with Gasteiger partial charge in [0.05, 0.1) is 16.6 Å². The Balaban J connectivity index is 2.31. The number of piperazine rings is 1. The minimum Gasteiger partial charge on any atom is -0.314 e. The molecule has 1 N–H and O–H groups in total. The van der Waals surface area contributed by atoms with Crippen LogP contribution in [0.4, 0.5) is 22.0 Å². The van der Waals surface area contributed by atoms with Crippen molar-refractivity contribution in [2.75, 3.05) is 26.2 Å². The standard InChI is InChI=1S/C13H14ClF5N2/c14-10-7-8(1-2-9(10)13(17,18)19)11(12(15)16)21-5-3-20-4-6-21/h1-2,7,11-12,20H,3-6H2/t11-/m1/s1. The highest BCUT2D eigenvalue weighted by atomic mass is 35.5. The molecule has 0 aromatic heterocycles. The zero-order valence-corrected chi connectivity index (χ0v) is 11.7. The number of nitrogens with zero attached hydrogens (tertiary/aromatic N) is 1. The van der Waals surface area contributed by atoms with Crippen molar-refractivity contribution < 1.29 is 22.0 Å². The Bertz CT molecular complexity index is 486. The van der Waals surface area contributed by atoms with Gasteiger partial charge in [-0.3, -0.25) is 4.90 Å². The first-order valence-electron chi connectivity index (χ1n) is 6.40. The lowest BCUT2D eigenvalue weighted by Gasteiger charge is -2.34. The maximum atomic E-state index is 13.3. The van der Waals surface area contributed by atoms with Gasteiger partial charge in [-0.2, -0.15) is 13.2 Å². The van der Waals surface area contributed by atoms with Gasteiger partial charge in [0.1, 0.15) is 0 Å². The van der Waals surface area contributed by atoms with Crippen molar-refractivity contribution in [2.45, 2.75) is 18.6 Å². The quantitative estimate of drug-likeness (QED) is 0.853. The van der Waals surface area contributed by atoms with Crippen molar-refractivity contribution in [3.8, 4) is 0 Å². The van der Waals surface area contributed by atoms with E-state index >= 15 is 0 Å². The molecule has 0 spiro atoms. The third kappa shape index (κ3) is 3.84. The predicted molar refractivity (Wildman–Crippen MR) is 69.6 cm³/mol. The number of hydrogen-bond acceptors (Lipinski definition) is 2. The largest absolute Gasteiger partial charge is 0.417 e. The van der Waals surface area contributed by atoms with Crippen LogP contribution >= 0.6 is 11.6 Å². The van der Waals surface area contributed by atoms with E-state index in [1.54, 1.807) is 4.90 Å². The van der Waals surface area contributed by atoms with Crippen molar-refractivity contribution >= 4 is 11.6 Å². The molecule has 1 saturated heterocycles. The van der Waals surface area contributed by atoms with Gasteiger partial charge < -0.3 is 5.32 Å². The molecule has 1 aromatic carbocycles. The molecule has 1 atom stereocenters. The van der Waals surface area contributed by atoms with Crippen LogP contribution < -0.4 is 5.32 Å². The summed E-state index contributed by atoms with van der Waals surface area (Å²) in [6.07, 6.45) is -7.29. The van der Waals surface area contributed by atoms with Crippen LogP contribution in [0, 0.1) is 0 Å². The second kappa shape index (κ2) is 6.46. The summed E-state index contributed by atoms with van der Waals surface area (Å²) in [6.45, 7) is 1.95. The van der Waals surface area contributed by atoms with E-state index in [9.17, 15) is 22.0 Å². The van der Waals surface area contributed by atoms with E-state index in [0.29, 0.717) is 26.2 Å². The molecule has 2 rings (SSSR count). The van der Waals surface area contributed by atoms with E-state index in [4.69, 9.17) is 11.6 Å². The van der Waals surface area contributed by atoms with Crippen LogP contribution in [-0.2, 0) is 6.18 Å². The summed E-state index contributed by atoms with van der Waals surface area (Å²) in [5.41, 5.74) is -0.911. The SMILES string of the molecule is FC(F)[C@@H](c1ccc(C(F)(F)F)c(Cl)c1)N1CCNCC1. The van der Waals surface area contributed by atoms with Crippen LogP contribution in [-0.4, -0.2) is 37.5 Å². The summed E-state index contributed by atoms with van der Waals surface area (Å²) in [7, 11) is 0. The third-order valence-electron chi connectivity index (χ3n) is 3.42. The van der Waals surface area contributed by atoms with E-state index in [1.807, 2.05) is 0 Å². The Morgan fingerprint density at radius 2 is 1.76 bits per heavy atom. The lowest BCUT2D eigenvalue weighted by molar-refractivity contribution is -0.137. The molecule has 1 aliphatic heterocycles. The van der Waals surface area contributed by atoms with E-state index in [1.165, 1.54) is 0 Å². The number of halogens is 6. The van der Waals surface area contributed by atoms with Crippen molar-refractivity contribution in [3.63, 3.8) is 0 Å². The van der Waals surface area contributed by atoms with Gasteiger partial charge in [0.2, 0.25) is 0 Å². The van der Waals surface area contributed by atoms with E-state index in [2.05, 4.69) is 5.32 Å². The molecule has 21 heavy (non-hydrogen) atoms. The Kier molecular flexibility index (Phi) is 5.06. The summed E-state index contributed by atoms with van der Waals surface area (Å²) >= 11 is 5.61. The second-order valence-corrected chi connectivity index (χ2v) is 5.21. The van der Waals surface area contributed by atoms with Crippen molar-refractivity contribution in [2.24, 2.45) is 0 Å². The summed E-state index contributed by atoms with van der Waals surface area (Å²) in [6, 6.07) is 1.58. The van der Waals surface area contributed by atoms with Crippen molar-refractivity contribution in [3.05, 3.63) is 34.3 Å². The van der Waals surface area contributed by atoms with Crippen molar-refractivity contribution in [1.29, 1.82) is 0 Å². The van der Waals surface area contributed by atoms with Gasteiger partial charge in [0.25, 0.3) is 6.43 Å². The van der Waals surface area contributed by atoms with Crippen LogP contribution in [0.15, 0.2) is 18.2 Å². The number of hydrogen-bond donors (Lipinski definition) is 1. The van der Waals surface area contributed by atoms with Crippen LogP contribution in [0.3, 0.4) is 0 Å². The molecule has 1 aromatic rings. The highest BCUT2D eigenvalue weighted by Gasteiger charge is 2.35. The second-order valence-electron chi connectivity index (χ2n) is 4.80. The Morgan fingerprint density at radius 1 is 1.14 bits per heavy atom. The molecule has 0 unspecified atom stereocenters. The molecule has 0 amide bonds. The molecular weight excluding hydrogens is 315 g/mol. The van der Waals surface area contributed by atoms with Gasteiger partial charge in [0.15, 0.2) is 0 Å². The normalized spacial score (nSPS) is 19.0. The first-order valence-corrected chi connectivity index (χ1v) is 6.78. The Hall–Kier alpha value is -0.920. The molecule has 0 bridgehead atoms. The van der Waals surface area contributed by atoms with Crippen LogP contribution in [0.2, 0.25) is 5.02 Å². The Labute approximate surface area is 123 Å². The van der Waals surface area contributed by atoms with E-state index in [-0.39, 0.29) is 5.56 Å². The van der Waals surface area contributed by atoms with E-state index in [0.717, 1.165) is 18.2 Å². The molecule has 8 heteroatoms. The maximum absolute atomic E-state index is 13.3. The summed E-state index contributed by atoms with van der Waals surface area (Å²) in [5.74, 6) is 0.